The van der Waals surface area contributed by atoms with Gasteiger partial charge in [-0.1, -0.05) is 24.8 Å². The van der Waals surface area contributed by atoms with Gasteiger partial charge in [0.2, 0.25) is 0 Å². The highest BCUT2D eigenvalue weighted by Crippen LogP contribution is 2.27. The molecule has 0 saturated heterocycles. The monoisotopic (exact) mass is 316 g/mol. The third-order valence-electron chi connectivity index (χ3n) is 2.90. The maximum absolute atomic E-state index is 4.66. The molecule has 0 amide bonds. The van der Waals surface area contributed by atoms with Crippen molar-refractivity contribution in [3.63, 3.8) is 0 Å². The molecule has 0 aliphatic heterocycles. The quantitative estimate of drug-likeness (QED) is 0.691. The molecular weight excluding hydrogens is 300 g/mol. The number of nitrogens with zero attached hydrogens (tertiary/aromatic N) is 3. The molecule has 6 heteroatoms. The Bertz CT molecular complexity index is 712. The molecule has 3 heterocycles. The Labute approximate surface area is 132 Å². The smallest absolute Gasteiger partial charge is 0.142 e. The Morgan fingerprint density at radius 1 is 1.24 bits per heavy atom. The molecule has 0 saturated carbocycles. The molecule has 0 atom stereocenters. The zero-order chi connectivity index (χ0) is 14.5. The fourth-order valence-corrected chi connectivity index (χ4v) is 3.41. The van der Waals surface area contributed by atoms with Gasteiger partial charge >= 0.3 is 0 Å². The van der Waals surface area contributed by atoms with E-state index in [1.165, 1.54) is 0 Å². The average Bonchev–Trinajstić information content (AvgIpc) is 3.00. The summed E-state index contributed by atoms with van der Waals surface area (Å²) >= 11 is 3.31. The summed E-state index contributed by atoms with van der Waals surface area (Å²) in [6, 6.07) is 8.00. The minimum atomic E-state index is 0.728. The van der Waals surface area contributed by atoms with E-state index >= 15 is 0 Å². The lowest BCUT2D eigenvalue weighted by Gasteiger charge is -2.07. The number of thioether (sulfide) groups is 1. The summed E-state index contributed by atoms with van der Waals surface area (Å²) in [6.45, 7) is 3.08. The molecular formula is C15H16N4S2. The molecule has 3 aromatic rings. The van der Waals surface area contributed by atoms with E-state index in [0.717, 1.165) is 45.6 Å². The number of aromatic nitrogens is 3. The Kier molecular flexibility index (Phi) is 4.67. The normalized spacial score (nSPS) is 10.9. The molecule has 0 aliphatic rings. The first kappa shape index (κ1) is 14.3. The number of nitrogens with one attached hydrogen (secondary N) is 1. The summed E-state index contributed by atoms with van der Waals surface area (Å²) in [7, 11) is 0. The van der Waals surface area contributed by atoms with Crippen LogP contribution in [0.15, 0.2) is 40.9 Å². The number of thiophene rings is 1. The predicted molar refractivity (Wildman–Crippen MR) is 90.0 cm³/mol. The van der Waals surface area contributed by atoms with E-state index in [4.69, 9.17) is 0 Å². The van der Waals surface area contributed by atoms with E-state index in [9.17, 15) is 0 Å². The summed E-state index contributed by atoms with van der Waals surface area (Å²) in [5, 5.41) is 7.56. The van der Waals surface area contributed by atoms with Crippen molar-refractivity contribution in [3.05, 3.63) is 41.7 Å². The second-order valence-corrected chi connectivity index (χ2v) is 6.40. The van der Waals surface area contributed by atoms with E-state index < -0.39 is 0 Å². The van der Waals surface area contributed by atoms with Crippen molar-refractivity contribution < 1.29 is 0 Å². The summed E-state index contributed by atoms with van der Waals surface area (Å²) in [5.41, 5.74) is 0. The molecule has 4 nitrogen and oxygen atoms in total. The maximum Gasteiger partial charge on any atom is 0.142 e. The Morgan fingerprint density at radius 2 is 2.19 bits per heavy atom. The first-order chi connectivity index (χ1) is 10.4. The van der Waals surface area contributed by atoms with Gasteiger partial charge < -0.3 is 5.32 Å². The van der Waals surface area contributed by atoms with Crippen LogP contribution in [0.1, 0.15) is 19.2 Å². The second kappa shape index (κ2) is 6.87. The van der Waals surface area contributed by atoms with Crippen LogP contribution in [-0.2, 0) is 5.75 Å². The number of hydrogen-bond acceptors (Lipinski definition) is 6. The molecule has 0 bridgehead atoms. The molecule has 3 rings (SSSR count). The van der Waals surface area contributed by atoms with Crippen LogP contribution in [0.4, 0.5) is 5.82 Å². The van der Waals surface area contributed by atoms with Crippen LogP contribution in [0.25, 0.3) is 10.2 Å². The number of hydrogen-bond donors (Lipinski definition) is 1. The zero-order valence-electron chi connectivity index (χ0n) is 11.7. The highest BCUT2D eigenvalue weighted by molar-refractivity contribution is 7.98. The molecule has 0 spiro atoms. The van der Waals surface area contributed by atoms with Gasteiger partial charge in [0.15, 0.2) is 0 Å². The Hall–Kier alpha value is -1.66. The first-order valence-electron chi connectivity index (χ1n) is 6.88. The summed E-state index contributed by atoms with van der Waals surface area (Å²) in [4.78, 5) is 14.7. The van der Waals surface area contributed by atoms with Crippen molar-refractivity contribution in [3.8, 4) is 0 Å². The average molecular weight is 316 g/mol. The van der Waals surface area contributed by atoms with Gasteiger partial charge in [-0.25, -0.2) is 15.0 Å². The SMILES string of the molecule is CCCNc1nc(CSc2ccccn2)nc2sccc12. The lowest BCUT2D eigenvalue weighted by molar-refractivity contribution is 0.961. The van der Waals surface area contributed by atoms with Crippen molar-refractivity contribution in [2.24, 2.45) is 0 Å². The van der Waals surface area contributed by atoms with Gasteiger partial charge in [-0.15, -0.1) is 11.3 Å². The predicted octanol–water partition coefficient (Wildman–Crippen LogP) is 4.20. The molecule has 21 heavy (non-hydrogen) atoms. The molecule has 1 N–H and O–H groups in total. The lowest BCUT2D eigenvalue weighted by Crippen LogP contribution is -2.05. The van der Waals surface area contributed by atoms with Gasteiger partial charge in [-0.05, 0) is 30.0 Å². The van der Waals surface area contributed by atoms with Gasteiger partial charge in [0.05, 0.1) is 16.2 Å². The van der Waals surface area contributed by atoms with Crippen LogP contribution in [0, 0.1) is 0 Å². The number of rotatable bonds is 6. The van der Waals surface area contributed by atoms with E-state index in [1.54, 1.807) is 29.3 Å². The van der Waals surface area contributed by atoms with E-state index in [1.807, 2.05) is 18.2 Å². The van der Waals surface area contributed by atoms with E-state index in [0.29, 0.717) is 0 Å². The highest BCUT2D eigenvalue weighted by Gasteiger charge is 2.09. The fourth-order valence-electron chi connectivity index (χ4n) is 1.91. The summed E-state index contributed by atoms with van der Waals surface area (Å²) in [5.74, 6) is 2.52. The van der Waals surface area contributed by atoms with Crippen LogP contribution in [0.5, 0.6) is 0 Å². The van der Waals surface area contributed by atoms with Crippen molar-refractivity contribution in [2.75, 3.05) is 11.9 Å². The van der Waals surface area contributed by atoms with Crippen molar-refractivity contribution in [1.82, 2.24) is 15.0 Å². The van der Waals surface area contributed by atoms with Gasteiger partial charge in [-0.3, -0.25) is 0 Å². The molecule has 0 unspecified atom stereocenters. The lowest BCUT2D eigenvalue weighted by atomic mass is 10.3. The first-order valence-corrected chi connectivity index (χ1v) is 8.75. The molecule has 0 fully saturated rings. The van der Waals surface area contributed by atoms with E-state index in [-0.39, 0.29) is 0 Å². The molecule has 3 aromatic heterocycles. The van der Waals surface area contributed by atoms with E-state index in [2.05, 4.69) is 38.6 Å². The summed E-state index contributed by atoms with van der Waals surface area (Å²) < 4.78 is 0. The number of anilines is 1. The molecule has 108 valence electrons. The third-order valence-corrected chi connectivity index (χ3v) is 4.65. The fraction of sp³-hybridized carbons (Fsp3) is 0.267. The zero-order valence-corrected chi connectivity index (χ0v) is 13.4. The van der Waals surface area contributed by atoms with Crippen LogP contribution >= 0.6 is 23.1 Å². The molecule has 0 radical (unpaired) electrons. The van der Waals surface area contributed by atoms with Crippen LogP contribution < -0.4 is 5.32 Å². The maximum atomic E-state index is 4.66. The van der Waals surface area contributed by atoms with Crippen LogP contribution in [-0.4, -0.2) is 21.5 Å². The summed E-state index contributed by atoms with van der Waals surface area (Å²) in [6.07, 6.45) is 2.88. The van der Waals surface area contributed by atoms with Crippen molar-refractivity contribution in [2.45, 2.75) is 24.1 Å². The standard InChI is InChI=1S/C15H16N4S2/c1-2-7-17-14-11-6-9-20-15(11)19-12(18-14)10-21-13-5-3-4-8-16-13/h3-6,8-9H,2,7,10H2,1H3,(H,17,18,19). The van der Waals surface area contributed by atoms with Crippen molar-refractivity contribution >= 4 is 39.1 Å². The Balaban J connectivity index is 1.81. The second-order valence-electron chi connectivity index (χ2n) is 4.51. The van der Waals surface area contributed by atoms with Gasteiger partial charge in [0, 0.05) is 12.7 Å². The molecule has 0 aliphatic carbocycles. The Morgan fingerprint density at radius 3 is 3.00 bits per heavy atom. The van der Waals surface area contributed by atoms with Gasteiger partial charge in [0.1, 0.15) is 16.5 Å². The van der Waals surface area contributed by atoms with Gasteiger partial charge in [-0.2, -0.15) is 0 Å². The topological polar surface area (TPSA) is 50.7 Å². The third kappa shape index (κ3) is 3.51. The largest absolute Gasteiger partial charge is 0.369 e. The number of fused-ring (bicyclic) bond motifs is 1. The highest BCUT2D eigenvalue weighted by atomic mass is 32.2. The van der Waals surface area contributed by atoms with Crippen molar-refractivity contribution in [1.29, 1.82) is 0 Å². The minimum Gasteiger partial charge on any atom is -0.369 e. The molecule has 0 aromatic carbocycles. The van der Waals surface area contributed by atoms with Crippen LogP contribution in [0.3, 0.4) is 0 Å². The number of pyridine rings is 1. The van der Waals surface area contributed by atoms with Gasteiger partial charge in [0.25, 0.3) is 0 Å². The van der Waals surface area contributed by atoms with Crippen LogP contribution in [0.2, 0.25) is 0 Å². The minimum absolute atomic E-state index is 0.728.